The predicted octanol–water partition coefficient (Wildman–Crippen LogP) is 1.64. The van der Waals surface area contributed by atoms with E-state index in [2.05, 4.69) is 15.6 Å². The van der Waals surface area contributed by atoms with E-state index in [1.54, 1.807) is 11.8 Å². The topological polar surface area (TPSA) is 53.5 Å². The minimum absolute atomic E-state index is 0.0673. The summed E-state index contributed by atoms with van der Waals surface area (Å²) in [5.74, 6) is 0.129. The molecular formula is C12H19N3OS. The van der Waals surface area contributed by atoms with Crippen molar-refractivity contribution in [1.82, 2.24) is 10.6 Å². The molecular weight excluding hydrogens is 234 g/mol. The molecule has 1 heterocycles. The van der Waals surface area contributed by atoms with E-state index in [0.717, 1.165) is 35.8 Å². The Hall–Kier alpha value is -0.970. The molecule has 0 aromatic heterocycles. The van der Waals surface area contributed by atoms with Gasteiger partial charge in [-0.25, -0.2) is 4.99 Å². The lowest BCUT2D eigenvalue weighted by Gasteiger charge is -2.19. The molecule has 0 spiro atoms. The van der Waals surface area contributed by atoms with Crippen LogP contribution in [0, 0.1) is 0 Å². The third kappa shape index (κ3) is 3.49. The van der Waals surface area contributed by atoms with Gasteiger partial charge in [-0.05, 0) is 33.6 Å². The predicted molar refractivity (Wildman–Crippen MR) is 72.0 cm³/mol. The maximum Gasteiger partial charge on any atom is 0.233 e. The van der Waals surface area contributed by atoms with Gasteiger partial charge < -0.3 is 10.6 Å². The summed E-state index contributed by atoms with van der Waals surface area (Å²) in [6.45, 7) is 6.67. The summed E-state index contributed by atoms with van der Waals surface area (Å²) < 4.78 is 0. The number of aliphatic imine (C=N–C) groups is 1. The van der Waals surface area contributed by atoms with Crippen molar-refractivity contribution < 1.29 is 4.79 Å². The molecule has 94 valence electrons. The average molecular weight is 253 g/mol. The Morgan fingerprint density at radius 2 is 2.24 bits per heavy atom. The minimum atomic E-state index is -0.0673. The van der Waals surface area contributed by atoms with Crippen LogP contribution in [0.15, 0.2) is 16.4 Å². The van der Waals surface area contributed by atoms with Crippen LogP contribution in [0.1, 0.15) is 33.6 Å². The van der Waals surface area contributed by atoms with Crippen LogP contribution in [0.25, 0.3) is 0 Å². The van der Waals surface area contributed by atoms with Gasteiger partial charge in [0, 0.05) is 11.7 Å². The molecule has 2 rings (SSSR count). The fourth-order valence-corrected chi connectivity index (χ4v) is 2.45. The molecule has 1 unspecified atom stereocenters. The summed E-state index contributed by atoms with van der Waals surface area (Å²) in [6, 6.07) is 0.431. The first kappa shape index (κ1) is 12.5. The highest BCUT2D eigenvalue weighted by Crippen LogP contribution is 2.22. The molecule has 5 heteroatoms. The largest absolute Gasteiger partial charge is 0.381 e. The monoisotopic (exact) mass is 253 g/mol. The Morgan fingerprint density at radius 1 is 1.53 bits per heavy atom. The van der Waals surface area contributed by atoms with E-state index in [1.807, 2.05) is 20.8 Å². The fraction of sp³-hybridized carbons (Fsp3) is 0.667. The van der Waals surface area contributed by atoms with Gasteiger partial charge in [0.25, 0.3) is 0 Å². The number of allylic oxidation sites excluding steroid dienone is 2. The highest BCUT2D eigenvalue weighted by Gasteiger charge is 2.26. The summed E-state index contributed by atoms with van der Waals surface area (Å²) in [4.78, 5) is 16.3. The zero-order valence-corrected chi connectivity index (χ0v) is 11.4. The number of nitrogens with zero attached hydrogens (tertiary/aromatic N) is 1. The van der Waals surface area contributed by atoms with Crippen molar-refractivity contribution in [2.24, 2.45) is 4.99 Å². The van der Waals surface area contributed by atoms with Gasteiger partial charge in [-0.3, -0.25) is 4.79 Å². The Balaban J connectivity index is 1.87. The first-order chi connectivity index (χ1) is 8.06. The van der Waals surface area contributed by atoms with Gasteiger partial charge in [0.2, 0.25) is 5.91 Å². The van der Waals surface area contributed by atoms with Crippen LogP contribution in [-0.4, -0.2) is 28.8 Å². The van der Waals surface area contributed by atoms with Crippen LogP contribution in [0.2, 0.25) is 0 Å². The van der Waals surface area contributed by atoms with Crippen molar-refractivity contribution in [3.8, 4) is 0 Å². The van der Waals surface area contributed by atoms with Crippen LogP contribution in [0.3, 0.4) is 0 Å². The zero-order chi connectivity index (χ0) is 12.4. The van der Waals surface area contributed by atoms with Gasteiger partial charge in [-0.1, -0.05) is 11.8 Å². The highest BCUT2D eigenvalue weighted by molar-refractivity contribution is 8.15. The number of rotatable bonds is 3. The van der Waals surface area contributed by atoms with E-state index in [1.165, 1.54) is 0 Å². The van der Waals surface area contributed by atoms with E-state index in [0.29, 0.717) is 6.04 Å². The van der Waals surface area contributed by atoms with E-state index in [4.69, 9.17) is 0 Å². The van der Waals surface area contributed by atoms with Gasteiger partial charge in [-0.2, -0.15) is 0 Å². The normalized spacial score (nSPS) is 21.7. The van der Waals surface area contributed by atoms with Crippen LogP contribution in [0.5, 0.6) is 0 Å². The van der Waals surface area contributed by atoms with Crippen molar-refractivity contribution in [2.45, 2.75) is 44.9 Å². The Kier molecular flexibility index (Phi) is 3.76. The number of carbonyl (C=O) groups excluding carboxylic acids is 1. The quantitative estimate of drug-likeness (QED) is 0.804. The second-order valence-corrected chi connectivity index (χ2v) is 6.03. The number of hydrogen-bond acceptors (Lipinski definition) is 4. The molecule has 0 saturated heterocycles. The zero-order valence-electron chi connectivity index (χ0n) is 10.5. The van der Waals surface area contributed by atoms with Crippen LogP contribution >= 0.6 is 11.8 Å². The van der Waals surface area contributed by atoms with Crippen LogP contribution in [0.4, 0.5) is 0 Å². The van der Waals surface area contributed by atoms with Gasteiger partial charge in [-0.15, -0.1) is 0 Å². The second kappa shape index (κ2) is 5.12. The SMILES string of the molecule is CC1=C(C)NCC(SC(C)C(=O)NC2CC2)=N1. The average Bonchev–Trinajstić information content (AvgIpc) is 3.07. The molecule has 17 heavy (non-hydrogen) atoms. The van der Waals surface area contributed by atoms with E-state index < -0.39 is 0 Å². The number of thioether (sulfide) groups is 1. The highest BCUT2D eigenvalue weighted by atomic mass is 32.2. The summed E-state index contributed by atoms with van der Waals surface area (Å²) in [5.41, 5.74) is 2.12. The maximum atomic E-state index is 11.8. The van der Waals surface area contributed by atoms with Crippen LogP contribution in [-0.2, 0) is 4.79 Å². The van der Waals surface area contributed by atoms with Crippen molar-refractivity contribution >= 4 is 22.7 Å². The molecule has 0 bridgehead atoms. The molecule has 1 fully saturated rings. The molecule has 1 amide bonds. The van der Waals surface area contributed by atoms with Gasteiger partial charge >= 0.3 is 0 Å². The molecule has 1 atom stereocenters. The lowest BCUT2D eigenvalue weighted by Crippen LogP contribution is -2.34. The molecule has 1 saturated carbocycles. The van der Waals surface area contributed by atoms with Crippen LogP contribution < -0.4 is 10.6 Å². The summed E-state index contributed by atoms with van der Waals surface area (Å²) in [6.07, 6.45) is 2.26. The molecule has 1 aliphatic heterocycles. The maximum absolute atomic E-state index is 11.8. The Labute approximate surface area is 106 Å². The molecule has 2 aliphatic rings. The van der Waals surface area contributed by atoms with Crippen molar-refractivity contribution in [1.29, 1.82) is 0 Å². The lowest BCUT2D eigenvalue weighted by molar-refractivity contribution is -0.120. The number of hydrogen-bond donors (Lipinski definition) is 2. The van der Waals surface area contributed by atoms with E-state index >= 15 is 0 Å². The molecule has 0 aromatic carbocycles. The number of amides is 1. The first-order valence-corrected chi connectivity index (χ1v) is 6.90. The van der Waals surface area contributed by atoms with E-state index in [9.17, 15) is 4.79 Å². The molecule has 2 N–H and O–H groups in total. The van der Waals surface area contributed by atoms with Gasteiger partial charge in [0.1, 0.15) is 0 Å². The minimum Gasteiger partial charge on any atom is -0.381 e. The third-order valence-electron chi connectivity index (χ3n) is 2.95. The van der Waals surface area contributed by atoms with Crippen molar-refractivity contribution in [3.05, 3.63) is 11.4 Å². The Morgan fingerprint density at radius 3 is 2.82 bits per heavy atom. The third-order valence-corrected chi connectivity index (χ3v) is 4.02. The summed E-state index contributed by atoms with van der Waals surface area (Å²) in [7, 11) is 0. The first-order valence-electron chi connectivity index (χ1n) is 6.02. The second-order valence-electron chi connectivity index (χ2n) is 4.61. The Bertz CT molecular complexity index is 385. The van der Waals surface area contributed by atoms with Crippen molar-refractivity contribution in [2.75, 3.05) is 6.54 Å². The molecule has 0 aromatic rings. The van der Waals surface area contributed by atoms with Crippen molar-refractivity contribution in [3.63, 3.8) is 0 Å². The van der Waals surface area contributed by atoms with E-state index in [-0.39, 0.29) is 11.2 Å². The van der Waals surface area contributed by atoms with Gasteiger partial charge in [0.05, 0.1) is 22.5 Å². The smallest absolute Gasteiger partial charge is 0.233 e. The molecule has 1 aliphatic carbocycles. The molecule has 0 radical (unpaired) electrons. The summed E-state index contributed by atoms with van der Waals surface area (Å²) >= 11 is 1.55. The van der Waals surface area contributed by atoms with Gasteiger partial charge in [0.15, 0.2) is 0 Å². The lowest BCUT2D eigenvalue weighted by atomic mass is 10.3. The number of carbonyl (C=O) groups is 1. The fourth-order valence-electron chi connectivity index (χ4n) is 1.52. The molecule has 4 nitrogen and oxygen atoms in total. The standard InChI is InChI=1S/C12H19N3OS/c1-7-8(2)14-11(6-13-7)17-9(3)12(16)15-10-4-5-10/h9-10,13H,4-6H2,1-3H3,(H,15,16). The summed E-state index contributed by atoms with van der Waals surface area (Å²) in [5, 5.41) is 7.22. The number of nitrogens with one attached hydrogen (secondary N) is 2.